The molecule has 2 N–H and O–H groups in total. The van der Waals surface area contributed by atoms with Gasteiger partial charge in [-0.3, -0.25) is 0 Å². The fourth-order valence-corrected chi connectivity index (χ4v) is 2.15. The van der Waals surface area contributed by atoms with E-state index in [0.717, 1.165) is 23.2 Å². The van der Waals surface area contributed by atoms with Crippen molar-refractivity contribution in [1.29, 1.82) is 0 Å². The third kappa shape index (κ3) is 2.35. The predicted molar refractivity (Wildman–Crippen MR) is 75.3 cm³/mol. The van der Waals surface area contributed by atoms with Gasteiger partial charge in [0.15, 0.2) is 0 Å². The smallest absolute Gasteiger partial charge is 0.130 e. The van der Waals surface area contributed by atoms with Gasteiger partial charge in [0.25, 0.3) is 0 Å². The number of anilines is 1. The maximum absolute atomic E-state index is 5.98. The van der Waals surface area contributed by atoms with Crippen LogP contribution < -0.4 is 5.73 Å². The lowest BCUT2D eigenvalue weighted by Crippen LogP contribution is -2.04. The van der Waals surface area contributed by atoms with E-state index in [1.165, 1.54) is 11.9 Å². The quantitative estimate of drug-likeness (QED) is 0.895. The van der Waals surface area contributed by atoms with Gasteiger partial charge in [0.2, 0.25) is 0 Å². The summed E-state index contributed by atoms with van der Waals surface area (Å²) in [5.41, 5.74) is 10.4. The van der Waals surface area contributed by atoms with Crippen molar-refractivity contribution in [3.05, 3.63) is 41.7 Å². The molecule has 3 heteroatoms. The van der Waals surface area contributed by atoms with Crippen molar-refractivity contribution in [3.63, 3.8) is 0 Å². The molecule has 0 unspecified atom stereocenters. The Balaban J connectivity index is 2.59. The number of nitrogens with two attached hydrogens (primary N) is 1. The van der Waals surface area contributed by atoms with Crippen LogP contribution in [0.5, 0.6) is 0 Å². The Morgan fingerprint density at radius 3 is 2.67 bits per heavy atom. The molecule has 0 bridgehead atoms. The number of rotatable bonds is 3. The Bertz CT molecular complexity index is 547. The van der Waals surface area contributed by atoms with Gasteiger partial charge in [-0.25, -0.2) is 9.97 Å². The normalized spacial score (nSPS) is 10.9. The van der Waals surface area contributed by atoms with E-state index < -0.39 is 0 Å². The summed E-state index contributed by atoms with van der Waals surface area (Å²) in [5.74, 6) is 0.892. The minimum atomic E-state index is 0.312. The first-order valence-corrected chi connectivity index (χ1v) is 6.33. The van der Waals surface area contributed by atoms with E-state index in [0.29, 0.717) is 11.7 Å². The molecule has 2 aromatic rings. The fraction of sp³-hybridized carbons (Fsp3) is 0.333. The van der Waals surface area contributed by atoms with E-state index >= 15 is 0 Å². The Hall–Kier alpha value is -1.90. The third-order valence-electron chi connectivity index (χ3n) is 3.10. The van der Waals surface area contributed by atoms with E-state index in [2.05, 4.69) is 55.0 Å². The first-order valence-electron chi connectivity index (χ1n) is 6.33. The maximum atomic E-state index is 5.98. The monoisotopic (exact) mass is 241 g/mol. The highest BCUT2D eigenvalue weighted by atomic mass is 14.9. The second-order valence-corrected chi connectivity index (χ2v) is 4.73. The first kappa shape index (κ1) is 12.6. The summed E-state index contributed by atoms with van der Waals surface area (Å²) in [6.45, 7) is 6.38. The summed E-state index contributed by atoms with van der Waals surface area (Å²) < 4.78 is 0. The van der Waals surface area contributed by atoms with Crippen LogP contribution in [0.25, 0.3) is 11.3 Å². The zero-order chi connectivity index (χ0) is 13.1. The number of benzene rings is 1. The molecule has 0 aliphatic carbocycles. The van der Waals surface area contributed by atoms with Crippen LogP contribution in [-0.2, 0) is 6.42 Å². The lowest BCUT2D eigenvalue weighted by molar-refractivity contribution is 0.854. The minimum Gasteiger partial charge on any atom is -0.383 e. The van der Waals surface area contributed by atoms with Crippen molar-refractivity contribution in [2.24, 2.45) is 0 Å². The average molecular weight is 241 g/mol. The third-order valence-corrected chi connectivity index (χ3v) is 3.10. The van der Waals surface area contributed by atoms with Gasteiger partial charge in [0, 0.05) is 11.1 Å². The standard InChI is InChI=1S/C15H19N3/c1-4-11-6-5-7-12(8-11)14-13(10(2)3)15(16)18-9-17-14/h5-10H,4H2,1-3H3,(H2,16,17,18). The Morgan fingerprint density at radius 2 is 2.00 bits per heavy atom. The lowest BCUT2D eigenvalue weighted by Gasteiger charge is -2.14. The molecule has 94 valence electrons. The Kier molecular flexibility index (Phi) is 3.60. The van der Waals surface area contributed by atoms with Crippen LogP contribution in [0.15, 0.2) is 30.6 Å². The van der Waals surface area contributed by atoms with Crippen LogP contribution in [0, 0.1) is 0 Å². The fourth-order valence-electron chi connectivity index (χ4n) is 2.15. The zero-order valence-electron chi connectivity index (χ0n) is 11.1. The summed E-state index contributed by atoms with van der Waals surface area (Å²) in [4.78, 5) is 8.51. The lowest BCUT2D eigenvalue weighted by atomic mass is 9.96. The molecule has 3 nitrogen and oxygen atoms in total. The van der Waals surface area contributed by atoms with Gasteiger partial charge in [-0.1, -0.05) is 39.0 Å². The maximum Gasteiger partial charge on any atom is 0.130 e. The van der Waals surface area contributed by atoms with E-state index in [9.17, 15) is 0 Å². The highest BCUT2D eigenvalue weighted by Gasteiger charge is 2.14. The van der Waals surface area contributed by atoms with Crippen molar-refractivity contribution in [2.45, 2.75) is 33.1 Å². The highest BCUT2D eigenvalue weighted by Crippen LogP contribution is 2.30. The second kappa shape index (κ2) is 5.17. The first-order chi connectivity index (χ1) is 8.63. The van der Waals surface area contributed by atoms with Crippen molar-refractivity contribution in [2.75, 3.05) is 5.73 Å². The molecular formula is C15H19N3. The molecule has 0 radical (unpaired) electrons. The van der Waals surface area contributed by atoms with E-state index in [1.54, 1.807) is 0 Å². The molecule has 1 aromatic heterocycles. The molecule has 0 fully saturated rings. The molecular weight excluding hydrogens is 222 g/mol. The van der Waals surface area contributed by atoms with Gasteiger partial charge in [0.1, 0.15) is 12.1 Å². The molecule has 18 heavy (non-hydrogen) atoms. The van der Waals surface area contributed by atoms with Gasteiger partial charge in [-0.05, 0) is 24.0 Å². The largest absolute Gasteiger partial charge is 0.383 e. The molecule has 1 aromatic carbocycles. The SMILES string of the molecule is CCc1cccc(-c2ncnc(N)c2C(C)C)c1. The van der Waals surface area contributed by atoms with E-state index in [4.69, 9.17) is 5.73 Å². The van der Waals surface area contributed by atoms with Gasteiger partial charge in [0.05, 0.1) is 5.69 Å². The topological polar surface area (TPSA) is 51.8 Å². The van der Waals surface area contributed by atoms with Crippen molar-refractivity contribution in [3.8, 4) is 11.3 Å². The summed E-state index contributed by atoms with van der Waals surface area (Å²) in [6.07, 6.45) is 2.56. The molecule has 0 atom stereocenters. The average Bonchev–Trinajstić information content (AvgIpc) is 2.38. The second-order valence-electron chi connectivity index (χ2n) is 4.73. The predicted octanol–water partition coefficient (Wildman–Crippen LogP) is 3.41. The number of hydrogen-bond donors (Lipinski definition) is 1. The van der Waals surface area contributed by atoms with Crippen molar-refractivity contribution in [1.82, 2.24) is 9.97 Å². The summed E-state index contributed by atoms with van der Waals surface area (Å²) in [6, 6.07) is 8.44. The van der Waals surface area contributed by atoms with Crippen LogP contribution in [0.1, 0.15) is 37.8 Å². The number of nitrogens with zero attached hydrogens (tertiary/aromatic N) is 2. The van der Waals surface area contributed by atoms with Crippen LogP contribution in [0.4, 0.5) is 5.82 Å². The van der Waals surface area contributed by atoms with Gasteiger partial charge in [-0.15, -0.1) is 0 Å². The van der Waals surface area contributed by atoms with Gasteiger partial charge in [-0.2, -0.15) is 0 Å². The van der Waals surface area contributed by atoms with Crippen molar-refractivity contribution >= 4 is 5.82 Å². The zero-order valence-corrected chi connectivity index (χ0v) is 11.1. The molecule has 0 saturated carbocycles. The molecule has 0 saturated heterocycles. The highest BCUT2D eigenvalue weighted by molar-refractivity contribution is 5.68. The summed E-state index contributed by atoms with van der Waals surface area (Å²) >= 11 is 0. The van der Waals surface area contributed by atoms with Crippen LogP contribution in [0.3, 0.4) is 0 Å². The molecule has 0 amide bonds. The number of hydrogen-bond acceptors (Lipinski definition) is 3. The number of nitrogen functional groups attached to an aromatic ring is 1. The Morgan fingerprint density at radius 1 is 1.22 bits per heavy atom. The van der Waals surface area contributed by atoms with E-state index in [1.807, 2.05) is 0 Å². The number of aryl methyl sites for hydroxylation is 1. The molecule has 0 aliphatic rings. The van der Waals surface area contributed by atoms with Crippen LogP contribution >= 0.6 is 0 Å². The van der Waals surface area contributed by atoms with E-state index in [-0.39, 0.29) is 0 Å². The molecule has 0 aliphatic heterocycles. The molecule has 2 rings (SSSR count). The summed E-state index contributed by atoms with van der Waals surface area (Å²) in [5, 5.41) is 0. The van der Waals surface area contributed by atoms with Crippen LogP contribution in [0.2, 0.25) is 0 Å². The van der Waals surface area contributed by atoms with Gasteiger partial charge < -0.3 is 5.73 Å². The van der Waals surface area contributed by atoms with Crippen LogP contribution in [-0.4, -0.2) is 9.97 Å². The minimum absolute atomic E-state index is 0.312. The molecule has 1 heterocycles. The van der Waals surface area contributed by atoms with Gasteiger partial charge >= 0.3 is 0 Å². The number of aromatic nitrogens is 2. The Labute approximate surface area is 108 Å². The molecule has 0 spiro atoms. The van der Waals surface area contributed by atoms with Crippen molar-refractivity contribution < 1.29 is 0 Å². The summed E-state index contributed by atoms with van der Waals surface area (Å²) in [7, 11) is 0.